The smallest absolute Gasteiger partial charge is 0.328 e. The lowest BCUT2D eigenvalue weighted by molar-refractivity contribution is -0.131. The molecule has 0 aliphatic carbocycles. The van der Waals surface area contributed by atoms with Gasteiger partial charge >= 0.3 is 5.97 Å². The van der Waals surface area contributed by atoms with Crippen LogP contribution in [0.1, 0.15) is 36.2 Å². The molecule has 2 N–H and O–H groups in total. The molecule has 0 aromatic carbocycles. The Bertz CT molecular complexity index is 481. The van der Waals surface area contributed by atoms with E-state index in [4.69, 9.17) is 5.11 Å². The molecule has 0 aliphatic rings. The van der Waals surface area contributed by atoms with Crippen LogP contribution in [0.3, 0.4) is 0 Å². The number of carbonyl (C=O) groups excluding carboxylic acids is 1. The van der Waals surface area contributed by atoms with Crippen molar-refractivity contribution in [1.29, 1.82) is 0 Å². The van der Waals surface area contributed by atoms with E-state index in [1.807, 2.05) is 0 Å². The second-order valence-corrected chi connectivity index (χ2v) is 4.57. The van der Waals surface area contributed by atoms with Gasteiger partial charge in [0, 0.05) is 36.1 Å². The fourth-order valence-electron chi connectivity index (χ4n) is 1.48. The Hall–Kier alpha value is -2.17. The minimum Gasteiger partial charge on any atom is -0.478 e. The molecule has 0 fully saturated rings. The van der Waals surface area contributed by atoms with Crippen LogP contribution in [0.15, 0.2) is 24.5 Å². The lowest BCUT2D eigenvalue weighted by Gasteiger charge is -2.08. The van der Waals surface area contributed by atoms with Gasteiger partial charge in [0.05, 0.1) is 0 Å². The molecule has 0 spiro atoms. The van der Waals surface area contributed by atoms with Gasteiger partial charge in [-0.05, 0) is 24.5 Å². The number of amides is 1. The number of carboxylic acids is 1. The Morgan fingerprint density at radius 1 is 1.47 bits per heavy atom. The van der Waals surface area contributed by atoms with Crippen molar-refractivity contribution in [3.05, 3.63) is 35.7 Å². The molecule has 0 saturated carbocycles. The average molecular weight is 262 g/mol. The topological polar surface area (TPSA) is 79.3 Å². The van der Waals surface area contributed by atoms with E-state index >= 15 is 0 Å². The monoisotopic (exact) mass is 262 g/mol. The van der Waals surface area contributed by atoms with Crippen molar-refractivity contribution in [3.63, 3.8) is 0 Å². The molecule has 0 atom stereocenters. The minimum absolute atomic E-state index is 0.215. The number of nitrogens with zero attached hydrogens (tertiary/aromatic N) is 1. The van der Waals surface area contributed by atoms with Crippen LogP contribution in [0.2, 0.25) is 0 Å². The van der Waals surface area contributed by atoms with Gasteiger partial charge in [0.2, 0.25) is 0 Å². The Balaban J connectivity index is 2.76. The van der Waals surface area contributed by atoms with Gasteiger partial charge < -0.3 is 10.4 Å². The lowest BCUT2D eigenvalue weighted by atomic mass is 10.1. The molecular formula is C14H18N2O3. The highest BCUT2D eigenvalue weighted by Gasteiger charge is 2.09. The summed E-state index contributed by atoms with van der Waals surface area (Å²) in [5.74, 6) is -0.757. The van der Waals surface area contributed by atoms with Gasteiger partial charge in [-0.1, -0.05) is 13.8 Å². The quantitative estimate of drug-likeness (QED) is 0.768. The van der Waals surface area contributed by atoms with Crippen LogP contribution in [-0.4, -0.2) is 28.5 Å². The van der Waals surface area contributed by atoms with Gasteiger partial charge in [0.25, 0.3) is 5.91 Å². The number of carboxylic acid groups (broad SMARTS) is 1. The molecule has 1 amide bonds. The standard InChI is InChI=1S/C14H18N2O3/c1-10(2)5-8-16-14(19)12-6-7-15-9-11(12)3-4-13(17)18/h3-4,6-7,9-10H,5,8H2,1-2H3,(H,16,19)(H,17,18). The zero-order valence-electron chi connectivity index (χ0n) is 11.1. The van der Waals surface area contributed by atoms with Gasteiger partial charge in [-0.15, -0.1) is 0 Å². The first-order valence-corrected chi connectivity index (χ1v) is 6.14. The molecule has 0 saturated heterocycles. The van der Waals surface area contributed by atoms with Crippen molar-refractivity contribution in [2.24, 2.45) is 5.92 Å². The summed E-state index contributed by atoms with van der Waals surface area (Å²) in [5.41, 5.74) is 0.920. The van der Waals surface area contributed by atoms with E-state index in [2.05, 4.69) is 24.1 Å². The maximum atomic E-state index is 12.0. The van der Waals surface area contributed by atoms with E-state index in [9.17, 15) is 9.59 Å². The molecule has 19 heavy (non-hydrogen) atoms. The number of hydrogen-bond acceptors (Lipinski definition) is 3. The van der Waals surface area contributed by atoms with Crippen LogP contribution < -0.4 is 5.32 Å². The Morgan fingerprint density at radius 3 is 2.84 bits per heavy atom. The summed E-state index contributed by atoms with van der Waals surface area (Å²) in [6.45, 7) is 4.76. The summed E-state index contributed by atoms with van der Waals surface area (Å²) < 4.78 is 0. The maximum Gasteiger partial charge on any atom is 0.328 e. The number of aliphatic carboxylic acids is 1. The van der Waals surface area contributed by atoms with E-state index in [-0.39, 0.29) is 5.91 Å². The minimum atomic E-state index is -1.06. The third kappa shape index (κ3) is 5.33. The second-order valence-electron chi connectivity index (χ2n) is 4.57. The van der Waals surface area contributed by atoms with Crippen molar-refractivity contribution < 1.29 is 14.7 Å². The molecule has 1 aromatic heterocycles. The van der Waals surface area contributed by atoms with Crippen LogP contribution in [0.4, 0.5) is 0 Å². The van der Waals surface area contributed by atoms with Crippen LogP contribution in [0, 0.1) is 5.92 Å². The van der Waals surface area contributed by atoms with E-state index in [0.29, 0.717) is 23.6 Å². The van der Waals surface area contributed by atoms with Gasteiger partial charge in [-0.2, -0.15) is 0 Å². The number of pyridine rings is 1. The molecular weight excluding hydrogens is 244 g/mol. The van der Waals surface area contributed by atoms with E-state index in [1.165, 1.54) is 18.5 Å². The highest BCUT2D eigenvalue weighted by atomic mass is 16.4. The van der Waals surface area contributed by atoms with Crippen molar-refractivity contribution in [1.82, 2.24) is 10.3 Å². The average Bonchev–Trinajstić information content (AvgIpc) is 2.36. The number of rotatable bonds is 6. The number of carbonyl (C=O) groups is 2. The molecule has 1 rings (SSSR count). The van der Waals surface area contributed by atoms with Crippen molar-refractivity contribution in [2.75, 3.05) is 6.54 Å². The fraction of sp³-hybridized carbons (Fsp3) is 0.357. The zero-order valence-corrected chi connectivity index (χ0v) is 11.1. The Kier molecular flexibility index (Phi) is 5.73. The van der Waals surface area contributed by atoms with Crippen LogP contribution in [0.25, 0.3) is 6.08 Å². The summed E-state index contributed by atoms with van der Waals surface area (Å²) in [4.78, 5) is 26.4. The number of nitrogens with one attached hydrogen (secondary N) is 1. The molecule has 5 nitrogen and oxygen atoms in total. The van der Waals surface area contributed by atoms with Gasteiger partial charge in [-0.25, -0.2) is 4.79 Å². The Labute approximate surface area is 112 Å². The van der Waals surface area contributed by atoms with Crippen molar-refractivity contribution >= 4 is 18.0 Å². The molecule has 0 radical (unpaired) electrons. The number of aromatic nitrogens is 1. The van der Waals surface area contributed by atoms with Gasteiger partial charge in [0.1, 0.15) is 0 Å². The van der Waals surface area contributed by atoms with E-state index in [0.717, 1.165) is 12.5 Å². The first-order chi connectivity index (χ1) is 9.00. The predicted molar refractivity (Wildman–Crippen MR) is 72.7 cm³/mol. The SMILES string of the molecule is CC(C)CCNC(=O)c1ccncc1C=CC(=O)O. The molecule has 102 valence electrons. The maximum absolute atomic E-state index is 12.0. The summed E-state index contributed by atoms with van der Waals surface area (Å²) >= 11 is 0. The third-order valence-corrected chi connectivity index (χ3v) is 2.51. The first kappa shape index (κ1) is 14.9. The highest BCUT2D eigenvalue weighted by Crippen LogP contribution is 2.09. The van der Waals surface area contributed by atoms with Crippen LogP contribution in [0.5, 0.6) is 0 Å². The normalized spacial score (nSPS) is 10.9. The molecule has 5 heteroatoms. The summed E-state index contributed by atoms with van der Waals surface area (Å²) in [6, 6.07) is 1.58. The first-order valence-electron chi connectivity index (χ1n) is 6.14. The number of hydrogen-bond donors (Lipinski definition) is 2. The third-order valence-electron chi connectivity index (χ3n) is 2.51. The largest absolute Gasteiger partial charge is 0.478 e. The predicted octanol–water partition coefficient (Wildman–Crippen LogP) is 1.96. The van der Waals surface area contributed by atoms with Crippen LogP contribution >= 0.6 is 0 Å². The highest BCUT2D eigenvalue weighted by molar-refractivity contribution is 5.98. The summed E-state index contributed by atoms with van der Waals surface area (Å²) in [5, 5.41) is 11.4. The van der Waals surface area contributed by atoms with E-state index in [1.54, 1.807) is 6.07 Å². The molecule has 0 aliphatic heterocycles. The van der Waals surface area contributed by atoms with Crippen molar-refractivity contribution in [3.8, 4) is 0 Å². The Morgan fingerprint density at radius 2 is 2.21 bits per heavy atom. The van der Waals surface area contributed by atoms with Gasteiger partial charge in [0.15, 0.2) is 0 Å². The zero-order chi connectivity index (χ0) is 14.3. The molecule has 0 unspecified atom stereocenters. The summed E-state index contributed by atoms with van der Waals surface area (Å²) in [7, 11) is 0. The molecule has 1 heterocycles. The van der Waals surface area contributed by atoms with Gasteiger partial charge in [-0.3, -0.25) is 9.78 Å². The lowest BCUT2D eigenvalue weighted by Crippen LogP contribution is -2.26. The van der Waals surface area contributed by atoms with Crippen LogP contribution in [-0.2, 0) is 4.79 Å². The van der Waals surface area contributed by atoms with Crippen molar-refractivity contribution in [2.45, 2.75) is 20.3 Å². The molecule has 0 bridgehead atoms. The molecule has 1 aromatic rings. The summed E-state index contributed by atoms with van der Waals surface area (Å²) in [6.07, 6.45) is 6.23. The second kappa shape index (κ2) is 7.31. The van der Waals surface area contributed by atoms with E-state index < -0.39 is 5.97 Å². The fourth-order valence-corrected chi connectivity index (χ4v) is 1.48.